The fourth-order valence-corrected chi connectivity index (χ4v) is 2.47. The second-order valence-corrected chi connectivity index (χ2v) is 5.92. The summed E-state index contributed by atoms with van der Waals surface area (Å²) in [7, 11) is 0. The number of thioether (sulfide) groups is 1. The molecule has 0 aliphatic carbocycles. The van der Waals surface area contributed by atoms with Gasteiger partial charge in [-0.25, -0.2) is 4.39 Å². The summed E-state index contributed by atoms with van der Waals surface area (Å²) in [6.07, 6.45) is 0. The Morgan fingerprint density at radius 3 is 2.55 bits per heavy atom. The molecule has 0 radical (unpaired) electrons. The van der Waals surface area contributed by atoms with Gasteiger partial charge in [-0.2, -0.15) is 15.0 Å². The van der Waals surface area contributed by atoms with Crippen molar-refractivity contribution in [3.8, 4) is 0 Å². The van der Waals surface area contributed by atoms with E-state index in [2.05, 4.69) is 20.3 Å². The highest BCUT2D eigenvalue weighted by Gasteiger charge is 2.18. The first-order valence-corrected chi connectivity index (χ1v) is 7.30. The van der Waals surface area contributed by atoms with E-state index in [0.29, 0.717) is 5.69 Å². The van der Waals surface area contributed by atoms with Gasteiger partial charge in [0.05, 0.1) is 16.0 Å². The minimum Gasteiger partial charge on any atom is -0.368 e. The molecule has 1 amide bonds. The number of carbonyl (C=O) groups excluding carboxylic acids is 1. The maximum absolute atomic E-state index is 13.0. The number of hydrogen-bond acceptors (Lipinski definition) is 7. The third kappa shape index (κ3) is 4.18. The van der Waals surface area contributed by atoms with E-state index in [4.69, 9.17) is 23.1 Å². The first-order chi connectivity index (χ1) is 10.3. The summed E-state index contributed by atoms with van der Waals surface area (Å²) in [6, 6.07) is 3.70. The van der Waals surface area contributed by atoms with Crippen LogP contribution in [0.3, 0.4) is 0 Å². The first-order valence-electron chi connectivity index (χ1n) is 6.04. The van der Waals surface area contributed by atoms with Gasteiger partial charge in [0.2, 0.25) is 17.8 Å². The Balaban J connectivity index is 2.05. The minimum absolute atomic E-state index is 0.0239. The number of benzene rings is 1. The first kappa shape index (κ1) is 16.2. The van der Waals surface area contributed by atoms with Crippen LogP contribution in [0.5, 0.6) is 0 Å². The maximum atomic E-state index is 13.0. The number of nitrogen functional groups attached to an aromatic ring is 2. The molecule has 116 valence electrons. The van der Waals surface area contributed by atoms with Gasteiger partial charge in [0.15, 0.2) is 5.16 Å². The number of nitrogens with one attached hydrogen (secondary N) is 1. The molecule has 2 aromatic rings. The number of aromatic nitrogens is 3. The molecule has 0 aliphatic rings. The molecule has 0 spiro atoms. The third-order valence-electron chi connectivity index (χ3n) is 2.49. The van der Waals surface area contributed by atoms with E-state index in [-0.39, 0.29) is 28.0 Å². The highest BCUT2D eigenvalue weighted by molar-refractivity contribution is 8.00. The topological polar surface area (TPSA) is 120 Å². The van der Waals surface area contributed by atoms with Gasteiger partial charge in [-0.3, -0.25) is 4.79 Å². The third-order valence-corrected chi connectivity index (χ3v) is 3.76. The lowest BCUT2D eigenvalue weighted by atomic mass is 10.3. The molecule has 1 aromatic heterocycles. The standard InChI is InChI=1S/C12H12ClFN6OS/c1-5(22-12-19-10(15)18-11(16)20-12)9(21)17-8-3-2-6(14)4-7(8)13/h2-5H,1H3,(H,17,21)(H4,15,16,18,19,20)/t5-/m0/s1. The quantitative estimate of drug-likeness (QED) is 0.726. The van der Waals surface area contributed by atoms with Crippen molar-refractivity contribution in [3.63, 3.8) is 0 Å². The molecule has 1 heterocycles. The average Bonchev–Trinajstić information content (AvgIpc) is 2.40. The largest absolute Gasteiger partial charge is 0.368 e. The summed E-state index contributed by atoms with van der Waals surface area (Å²) in [5.74, 6) is -0.883. The van der Waals surface area contributed by atoms with Gasteiger partial charge < -0.3 is 16.8 Å². The highest BCUT2D eigenvalue weighted by Crippen LogP contribution is 2.25. The zero-order chi connectivity index (χ0) is 16.3. The molecular formula is C12H12ClFN6OS. The number of halogens is 2. The summed E-state index contributed by atoms with van der Waals surface area (Å²) < 4.78 is 13.0. The van der Waals surface area contributed by atoms with Crippen molar-refractivity contribution >= 4 is 46.9 Å². The van der Waals surface area contributed by atoms with Crippen LogP contribution in [-0.2, 0) is 4.79 Å². The summed E-state index contributed by atoms with van der Waals surface area (Å²) in [5, 5.41) is 2.39. The Labute approximate surface area is 134 Å². The Morgan fingerprint density at radius 2 is 1.95 bits per heavy atom. The smallest absolute Gasteiger partial charge is 0.237 e. The molecule has 0 saturated carbocycles. The Morgan fingerprint density at radius 1 is 1.32 bits per heavy atom. The average molecular weight is 343 g/mol. The van der Waals surface area contributed by atoms with Crippen LogP contribution in [0.4, 0.5) is 22.0 Å². The Hall–Kier alpha value is -2.13. The predicted molar refractivity (Wildman–Crippen MR) is 84.0 cm³/mol. The van der Waals surface area contributed by atoms with E-state index in [1.165, 1.54) is 12.1 Å². The van der Waals surface area contributed by atoms with Gasteiger partial charge in [0.1, 0.15) is 5.82 Å². The van der Waals surface area contributed by atoms with E-state index in [0.717, 1.165) is 17.8 Å². The van der Waals surface area contributed by atoms with Crippen molar-refractivity contribution in [2.75, 3.05) is 16.8 Å². The van der Waals surface area contributed by atoms with E-state index < -0.39 is 11.1 Å². The molecular weight excluding hydrogens is 331 g/mol. The molecule has 10 heteroatoms. The fourth-order valence-electron chi connectivity index (χ4n) is 1.48. The van der Waals surface area contributed by atoms with Crippen LogP contribution in [-0.4, -0.2) is 26.1 Å². The van der Waals surface area contributed by atoms with Crippen LogP contribution in [0.1, 0.15) is 6.92 Å². The highest BCUT2D eigenvalue weighted by atomic mass is 35.5. The van der Waals surface area contributed by atoms with Crippen molar-refractivity contribution in [2.24, 2.45) is 0 Å². The van der Waals surface area contributed by atoms with Crippen molar-refractivity contribution in [1.82, 2.24) is 15.0 Å². The van der Waals surface area contributed by atoms with Gasteiger partial charge in [-0.1, -0.05) is 23.4 Å². The van der Waals surface area contributed by atoms with Gasteiger partial charge in [-0.05, 0) is 25.1 Å². The van der Waals surface area contributed by atoms with E-state index >= 15 is 0 Å². The molecule has 22 heavy (non-hydrogen) atoms. The van der Waals surface area contributed by atoms with Crippen molar-refractivity contribution < 1.29 is 9.18 Å². The molecule has 0 bridgehead atoms. The normalized spacial score (nSPS) is 12.0. The molecule has 1 atom stereocenters. The number of nitrogens with zero attached hydrogens (tertiary/aromatic N) is 3. The van der Waals surface area contributed by atoms with E-state index in [9.17, 15) is 9.18 Å². The lowest BCUT2D eigenvalue weighted by Crippen LogP contribution is -2.23. The second kappa shape index (κ2) is 6.75. The van der Waals surface area contributed by atoms with Crippen LogP contribution in [0.2, 0.25) is 5.02 Å². The summed E-state index contributed by atoms with van der Waals surface area (Å²) in [5.41, 5.74) is 11.2. The van der Waals surface area contributed by atoms with Crippen LogP contribution in [0.15, 0.2) is 23.4 Å². The minimum atomic E-state index is -0.553. The lowest BCUT2D eigenvalue weighted by Gasteiger charge is -2.12. The SMILES string of the molecule is C[C@H](Sc1nc(N)nc(N)n1)C(=O)Nc1ccc(F)cc1Cl. The number of rotatable bonds is 4. The number of amides is 1. The Kier molecular flexibility index (Phi) is 4.99. The maximum Gasteiger partial charge on any atom is 0.237 e. The second-order valence-electron chi connectivity index (χ2n) is 4.21. The molecule has 0 fully saturated rings. The molecule has 5 N–H and O–H groups in total. The van der Waals surface area contributed by atoms with E-state index in [1.54, 1.807) is 6.92 Å². The molecule has 0 unspecified atom stereocenters. The molecule has 7 nitrogen and oxygen atoms in total. The predicted octanol–water partition coefficient (Wildman–Crippen LogP) is 1.95. The number of nitrogens with two attached hydrogens (primary N) is 2. The fraction of sp³-hybridized carbons (Fsp3) is 0.167. The van der Waals surface area contributed by atoms with Crippen LogP contribution >= 0.6 is 23.4 Å². The number of carbonyl (C=O) groups is 1. The van der Waals surface area contributed by atoms with Gasteiger partial charge in [0, 0.05) is 0 Å². The molecule has 0 aliphatic heterocycles. The number of hydrogen-bond donors (Lipinski definition) is 3. The molecule has 2 rings (SSSR count). The zero-order valence-electron chi connectivity index (χ0n) is 11.4. The van der Waals surface area contributed by atoms with Gasteiger partial charge >= 0.3 is 0 Å². The summed E-state index contributed by atoms with van der Waals surface area (Å²) in [6.45, 7) is 1.65. The van der Waals surface area contributed by atoms with E-state index in [1.807, 2.05) is 0 Å². The molecule has 0 saturated heterocycles. The van der Waals surface area contributed by atoms with Gasteiger partial charge in [0.25, 0.3) is 0 Å². The summed E-state index contributed by atoms with van der Waals surface area (Å²) >= 11 is 6.91. The zero-order valence-corrected chi connectivity index (χ0v) is 13.0. The van der Waals surface area contributed by atoms with Crippen LogP contribution < -0.4 is 16.8 Å². The van der Waals surface area contributed by atoms with Crippen LogP contribution in [0, 0.1) is 5.82 Å². The number of anilines is 3. The van der Waals surface area contributed by atoms with Crippen molar-refractivity contribution in [2.45, 2.75) is 17.3 Å². The van der Waals surface area contributed by atoms with Crippen molar-refractivity contribution in [3.05, 3.63) is 29.0 Å². The Bertz CT molecular complexity index is 696. The summed E-state index contributed by atoms with van der Waals surface area (Å²) in [4.78, 5) is 23.5. The molecule has 1 aromatic carbocycles. The lowest BCUT2D eigenvalue weighted by molar-refractivity contribution is -0.115. The monoisotopic (exact) mass is 342 g/mol. The van der Waals surface area contributed by atoms with Gasteiger partial charge in [-0.15, -0.1) is 0 Å². The van der Waals surface area contributed by atoms with Crippen molar-refractivity contribution in [1.29, 1.82) is 0 Å². The van der Waals surface area contributed by atoms with Crippen LogP contribution in [0.25, 0.3) is 0 Å².